The first-order chi connectivity index (χ1) is 13.7. The topological polar surface area (TPSA) is 75.0 Å². The molecule has 0 saturated heterocycles. The highest BCUT2D eigenvalue weighted by atomic mass is 16.7. The highest BCUT2D eigenvalue weighted by molar-refractivity contribution is 5.87. The van der Waals surface area contributed by atoms with E-state index in [2.05, 4.69) is 9.97 Å². The Bertz CT molecular complexity index is 984. The molecule has 3 aromatic rings. The standard InChI is InChI=1S/C21H23N3O4/c1-3-26-20(25)17-12-24-18-11-7-10-16(18)19(23-21(24)22-17)28-14(2)27-13-15-8-5-4-6-9-15/h4-6,8-9,12,14H,3,7,10-11,13H2,1-2H3. The summed E-state index contributed by atoms with van der Waals surface area (Å²) in [5.41, 5.74) is 3.47. The van der Waals surface area contributed by atoms with Crippen molar-refractivity contribution >= 4 is 11.7 Å². The minimum Gasteiger partial charge on any atom is -0.461 e. The van der Waals surface area contributed by atoms with E-state index in [1.165, 1.54) is 0 Å². The van der Waals surface area contributed by atoms with Gasteiger partial charge < -0.3 is 14.2 Å². The van der Waals surface area contributed by atoms with Gasteiger partial charge >= 0.3 is 5.97 Å². The lowest BCUT2D eigenvalue weighted by Crippen LogP contribution is -2.18. The van der Waals surface area contributed by atoms with Crippen molar-refractivity contribution in [3.8, 4) is 5.88 Å². The number of carbonyl (C=O) groups excluding carboxylic acids is 1. The molecule has 1 aliphatic rings. The summed E-state index contributed by atoms with van der Waals surface area (Å²) in [5.74, 6) is 0.525. The first kappa shape index (κ1) is 18.4. The van der Waals surface area contributed by atoms with Crippen molar-refractivity contribution in [1.29, 1.82) is 0 Å². The quantitative estimate of drug-likeness (QED) is 0.462. The van der Waals surface area contributed by atoms with E-state index in [-0.39, 0.29) is 5.69 Å². The summed E-state index contributed by atoms with van der Waals surface area (Å²) >= 11 is 0. The van der Waals surface area contributed by atoms with E-state index < -0.39 is 12.3 Å². The van der Waals surface area contributed by atoms with Crippen molar-refractivity contribution in [2.45, 2.75) is 46.0 Å². The Kier molecular flexibility index (Phi) is 5.25. The Balaban J connectivity index is 1.56. The molecule has 28 heavy (non-hydrogen) atoms. The average Bonchev–Trinajstić information content (AvgIpc) is 3.34. The second-order valence-electron chi connectivity index (χ2n) is 6.69. The molecule has 1 aromatic carbocycles. The molecule has 0 radical (unpaired) electrons. The van der Waals surface area contributed by atoms with Gasteiger partial charge in [-0.1, -0.05) is 30.3 Å². The summed E-state index contributed by atoms with van der Waals surface area (Å²) in [6, 6.07) is 9.95. The summed E-state index contributed by atoms with van der Waals surface area (Å²) in [4.78, 5) is 20.9. The van der Waals surface area contributed by atoms with Gasteiger partial charge in [-0.15, -0.1) is 0 Å². The molecule has 7 nitrogen and oxygen atoms in total. The molecule has 0 amide bonds. The summed E-state index contributed by atoms with van der Waals surface area (Å²) in [6.45, 7) is 4.39. The number of fused-ring (bicyclic) bond motifs is 3. The molecule has 0 aliphatic heterocycles. The SMILES string of the molecule is CCOC(=O)c1cn2c3c(c(OC(C)OCc4ccccc4)nc2n1)CCC3. The van der Waals surface area contributed by atoms with Crippen LogP contribution in [0.1, 0.15) is 47.6 Å². The molecule has 2 heterocycles. The fraction of sp³-hybridized carbons (Fsp3) is 0.381. The number of hydrogen-bond acceptors (Lipinski definition) is 6. The van der Waals surface area contributed by atoms with Gasteiger partial charge in [0.2, 0.25) is 11.7 Å². The van der Waals surface area contributed by atoms with E-state index in [1.807, 2.05) is 41.7 Å². The number of esters is 1. The minimum atomic E-state index is -0.459. The van der Waals surface area contributed by atoms with Crippen LogP contribution in [0.5, 0.6) is 5.88 Å². The maximum atomic E-state index is 12.0. The predicted octanol–water partition coefficient (Wildman–Crippen LogP) is 3.34. The molecule has 4 rings (SSSR count). The zero-order valence-electron chi connectivity index (χ0n) is 16.1. The maximum Gasteiger partial charge on any atom is 0.358 e. The summed E-state index contributed by atoms with van der Waals surface area (Å²) < 4.78 is 18.7. The molecule has 7 heteroatoms. The van der Waals surface area contributed by atoms with E-state index in [9.17, 15) is 4.79 Å². The van der Waals surface area contributed by atoms with Crippen molar-refractivity contribution in [1.82, 2.24) is 14.4 Å². The number of nitrogens with zero attached hydrogens (tertiary/aromatic N) is 3. The lowest BCUT2D eigenvalue weighted by atomic mass is 10.2. The second kappa shape index (κ2) is 7.98. The molecule has 1 unspecified atom stereocenters. The summed E-state index contributed by atoms with van der Waals surface area (Å²) in [7, 11) is 0. The van der Waals surface area contributed by atoms with Crippen LogP contribution in [0.15, 0.2) is 36.5 Å². The van der Waals surface area contributed by atoms with Crippen molar-refractivity contribution in [2.24, 2.45) is 0 Å². The molecule has 0 spiro atoms. The zero-order chi connectivity index (χ0) is 19.5. The first-order valence-electron chi connectivity index (χ1n) is 9.56. The number of ether oxygens (including phenoxy) is 3. The van der Waals surface area contributed by atoms with Crippen molar-refractivity contribution in [3.05, 3.63) is 59.0 Å². The molecule has 146 valence electrons. The number of benzene rings is 1. The number of aryl methyl sites for hydroxylation is 1. The van der Waals surface area contributed by atoms with Crippen LogP contribution >= 0.6 is 0 Å². The number of carbonyl (C=O) groups is 1. The van der Waals surface area contributed by atoms with Gasteiger partial charge in [-0.3, -0.25) is 4.40 Å². The van der Waals surface area contributed by atoms with Gasteiger partial charge in [0.1, 0.15) is 0 Å². The Morgan fingerprint density at radius 1 is 1.21 bits per heavy atom. The van der Waals surface area contributed by atoms with Gasteiger partial charge in [-0.05, 0) is 38.7 Å². The monoisotopic (exact) mass is 381 g/mol. The molecule has 0 fully saturated rings. The van der Waals surface area contributed by atoms with Crippen LogP contribution in [0, 0.1) is 0 Å². The van der Waals surface area contributed by atoms with Crippen LogP contribution < -0.4 is 4.74 Å². The van der Waals surface area contributed by atoms with E-state index in [1.54, 1.807) is 13.1 Å². The number of imidazole rings is 1. The third-order valence-electron chi connectivity index (χ3n) is 4.72. The number of rotatable bonds is 7. The third kappa shape index (κ3) is 3.71. The van der Waals surface area contributed by atoms with Crippen LogP contribution in [0.4, 0.5) is 0 Å². The zero-order valence-corrected chi connectivity index (χ0v) is 16.1. The molecular weight excluding hydrogens is 358 g/mol. The van der Waals surface area contributed by atoms with Crippen molar-refractivity contribution in [3.63, 3.8) is 0 Å². The van der Waals surface area contributed by atoms with Crippen LogP contribution in [-0.4, -0.2) is 33.2 Å². The normalized spacial score (nSPS) is 14.1. The van der Waals surface area contributed by atoms with Gasteiger partial charge in [0.15, 0.2) is 12.0 Å². The Morgan fingerprint density at radius 3 is 2.82 bits per heavy atom. The van der Waals surface area contributed by atoms with Crippen LogP contribution in [-0.2, 0) is 28.9 Å². The van der Waals surface area contributed by atoms with Gasteiger partial charge in [0, 0.05) is 17.5 Å². The Labute approximate surface area is 163 Å². The lowest BCUT2D eigenvalue weighted by Gasteiger charge is -2.17. The van der Waals surface area contributed by atoms with Crippen molar-refractivity contribution in [2.75, 3.05) is 6.61 Å². The van der Waals surface area contributed by atoms with Gasteiger partial charge in [-0.2, -0.15) is 4.98 Å². The van der Waals surface area contributed by atoms with E-state index in [0.717, 1.165) is 36.1 Å². The van der Waals surface area contributed by atoms with Crippen LogP contribution in [0.25, 0.3) is 5.78 Å². The smallest absolute Gasteiger partial charge is 0.358 e. The second-order valence-corrected chi connectivity index (χ2v) is 6.69. The molecular formula is C21H23N3O4. The molecule has 0 N–H and O–H groups in total. The Hall–Kier alpha value is -2.93. The van der Waals surface area contributed by atoms with Crippen LogP contribution in [0.3, 0.4) is 0 Å². The third-order valence-corrected chi connectivity index (χ3v) is 4.72. The van der Waals surface area contributed by atoms with Crippen LogP contribution in [0.2, 0.25) is 0 Å². The molecule has 1 atom stereocenters. The van der Waals surface area contributed by atoms with E-state index in [0.29, 0.717) is 24.9 Å². The van der Waals surface area contributed by atoms with Gasteiger partial charge in [-0.25, -0.2) is 9.78 Å². The average molecular weight is 381 g/mol. The highest BCUT2D eigenvalue weighted by Gasteiger charge is 2.25. The maximum absolute atomic E-state index is 12.0. The molecule has 1 aliphatic carbocycles. The first-order valence-corrected chi connectivity index (χ1v) is 9.56. The Morgan fingerprint density at radius 2 is 2.04 bits per heavy atom. The van der Waals surface area contributed by atoms with Crippen molar-refractivity contribution < 1.29 is 19.0 Å². The molecule has 0 saturated carbocycles. The molecule has 2 aromatic heterocycles. The summed E-state index contributed by atoms with van der Waals surface area (Å²) in [5, 5.41) is 0. The van der Waals surface area contributed by atoms with E-state index in [4.69, 9.17) is 14.2 Å². The largest absolute Gasteiger partial charge is 0.461 e. The fourth-order valence-corrected chi connectivity index (χ4v) is 3.41. The fourth-order valence-electron chi connectivity index (χ4n) is 3.41. The summed E-state index contributed by atoms with van der Waals surface area (Å²) in [6.07, 6.45) is 4.02. The predicted molar refractivity (Wildman–Crippen MR) is 102 cm³/mol. The highest BCUT2D eigenvalue weighted by Crippen LogP contribution is 2.31. The van der Waals surface area contributed by atoms with E-state index >= 15 is 0 Å². The van der Waals surface area contributed by atoms with Gasteiger partial charge in [0.05, 0.1) is 13.2 Å². The number of hydrogen-bond donors (Lipinski definition) is 0. The minimum absolute atomic E-state index is 0.258. The lowest BCUT2D eigenvalue weighted by molar-refractivity contribution is -0.0784. The number of aromatic nitrogens is 3. The van der Waals surface area contributed by atoms with Gasteiger partial charge in [0.25, 0.3) is 0 Å². The molecule has 0 bridgehead atoms.